The molecule has 0 bridgehead atoms. The van der Waals surface area contributed by atoms with E-state index in [1.54, 1.807) is 24.3 Å². The fraction of sp³-hybridized carbons (Fsp3) is 0.0625. The van der Waals surface area contributed by atoms with Gasteiger partial charge in [-0.05, 0) is 42.5 Å². The van der Waals surface area contributed by atoms with Gasteiger partial charge in [0.2, 0.25) is 0 Å². The Bertz CT molecular complexity index is 905. The lowest BCUT2D eigenvalue weighted by molar-refractivity contribution is -0.140. The van der Waals surface area contributed by atoms with E-state index in [4.69, 9.17) is 11.6 Å². The number of hydrogen-bond acceptors (Lipinski definition) is 1. The maximum absolute atomic E-state index is 12.7. The molecule has 0 aliphatic carbocycles. The van der Waals surface area contributed by atoms with Gasteiger partial charge in [0.25, 0.3) is 0 Å². The van der Waals surface area contributed by atoms with Gasteiger partial charge in [0.05, 0.1) is 0 Å². The molecule has 1 heterocycles. The number of anilines is 2. The zero-order valence-corrected chi connectivity index (χ0v) is 12.8. The summed E-state index contributed by atoms with van der Waals surface area (Å²) in [6.07, 6.45) is -4.45. The number of hydrogen-bond donors (Lipinski definition) is 3. The number of aromatic amines is 1. The minimum absolute atomic E-state index is 0.336. The highest BCUT2D eigenvalue weighted by Gasteiger charge is 2.32. The molecule has 0 aliphatic rings. The Morgan fingerprint density at radius 3 is 2.38 bits per heavy atom. The van der Waals surface area contributed by atoms with Crippen molar-refractivity contribution in [3.8, 4) is 0 Å². The SMILES string of the molecule is O=C(Nc1cccc(Cl)c1)Nc1ccc2[nH]c(C(F)(F)F)cc2c1. The van der Waals surface area contributed by atoms with Crippen molar-refractivity contribution in [3.63, 3.8) is 0 Å². The number of carbonyl (C=O) groups is 1. The van der Waals surface area contributed by atoms with Gasteiger partial charge in [-0.2, -0.15) is 13.2 Å². The Morgan fingerprint density at radius 2 is 1.71 bits per heavy atom. The summed E-state index contributed by atoms with van der Waals surface area (Å²) < 4.78 is 38.1. The summed E-state index contributed by atoms with van der Waals surface area (Å²) in [6.45, 7) is 0. The van der Waals surface area contributed by atoms with Gasteiger partial charge >= 0.3 is 12.2 Å². The van der Waals surface area contributed by atoms with Crippen LogP contribution in [0.2, 0.25) is 5.02 Å². The lowest BCUT2D eigenvalue weighted by atomic mass is 10.2. The second-order valence-electron chi connectivity index (χ2n) is 5.07. The van der Waals surface area contributed by atoms with Gasteiger partial charge in [-0.1, -0.05) is 17.7 Å². The van der Waals surface area contributed by atoms with E-state index in [1.807, 2.05) is 0 Å². The van der Waals surface area contributed by atoms with Crippen LogP contribution in [0.5, 0.6) is 0 Å². The normalized spacial score (nSPS) is 11.5. The van der Waals surface area contributed by atoms with E-state index >= 15 is 0 Å². The molecule has 3 N–H and O–H groups in total. The summed E-state index contributed by atoms with van der Waals surface area (Å²) in [7, 11) is 0. The molecule has 0 fully saturated rings. The first kappa shape index (κ1) is 16.2. The first-order valence-corrected chi connectivity index (χ1v) is 7.22. The summed E-state index contributed by atoms with van der Waals surface area (Å²) in [5.41, 5.74) is 0.373. The zero-order chi connectivity index (χ0) is 17.3. The van der Waals surface area contributed by atoms with Gasteiger partial charge in [-0.3, -0.25) is 0 Å². The highest BCUT2D eigenvalue weighted by molar-refractivity contribution is 6.30. The van der Waals surface area contributed by atoms with Crippen molar-refractivity contribution in [2.24, 2.45) is 0 Å². The van der Waals surface area contributed by atoms with Crippen LogP contribution in [0.15, 0.2) is 48.5 Å². The fourth-order valence-corrected chi connectivity index (χ4v) is 2.41. The quantitative estimate of drug-likeness (QED) is 0.561. The van der Waals surface area contributed by atoms with E-state index in [9.17, 15) is 18.0 Å². The van der Waals surface area contributed by atoms with Crippen molar-refractivity contribution >= 4 is 39.9 Å². The van der Waals surface area contributed by atoms with E-state index in [0.29, 0.717) is 27.3 Å². The molecule has 2 amide bonds. The number of aromatic nitrogens is 1. The fourth-order valence-electron chi connectivity index (χ4n) is 2.22. The molecular formula is C16H11ClF3N3O. The largest absolute Gasteiger partial charge is 0.431 e. The molecule has 4 nitrogen and oxygen atoms in total. The molecule has 0 unspecified atom stereocenters. The van der Waals surface area contributed by atoms with Crippen LogP contribution < -0.4 is 10.6 Å². The van der Waals surface area contributed by atoms with Crippen LogP contribution in [0.3, 0.4) is 0 Å². The molecule has 0 radical (unpaired) electrons. The maximum atomic E-state index is 12.7. The molecule has 0 atom stereocenters. The smallest absolute Gasteiger partial charge is 0.351 e. The third kappa shape index (κ3) is 3.62. The number of benzene rings is 2. The predicted molar refractivity (Wildman–Crippen MR) is 87.4 cm³/mol. The van der Waals surface area contributed by atoms with Gasteiger partial charge in [-0.15, -0.1) is 0 Å². The maximum Gasteiger partial charge on any atom is 0.431 e. The standard InChI is InChI=1S/C16H11ClF3N3O/c17-10-2-1-3-11(8-10)21-15(24)22-12-4-5-13-9(6-12)7-14(23-13)16(18,19)20/h1-8,23H,(H2,21,22,24). The number of H-pyrrole nitrogens is 1. The average Bonchev–Trinajstić information content (AvgIpc) is 2.90. The van der Waals surface area contributed by atoms with Crippen LogP contribution >= 0.6 is 11.6 Å². The number of nitrogens with one attached hydrogen (secondary N) is 3. The van der Waals surface area contributed by atoms with E-state index in [-0.39, 0.29) is 0 Å². The number of fused-ring (bicyclic) bond motifs is 1. The number of alkyl halides is 3. The van der Waals surface area contributed by atoms with Crippen molar-refractivity contribution in [1.82, 2.24) is 4.98 Å². The van der Waals surface area contributed by atoms with Gasteiger partial charge in [0.1, 0.15) is 5.69 Å². The minimum Gasteiger partial charge on any atom is -0.351 e. The van der Waals surface area contributed by atoms with Gasteiger partial charge in [0, 0.05) is 27.3 Å². The molecule has 24 heavy (non-hydrogen) atoms. The second kappa shape index (κ2) is 6.09. The highest BCUT2D eigenvalue weighted by atomic mass is 35.5. The topological polar surface area (TPSA) is 56.9 Å². The van der Waals surface area contributed by atoms with E-state index in [1.165, 1.54) is 18.2 Å². The van der Waals surface area contributed by atoms with Crippen LogP contribution in [-0.4, -0.2) is 11.0 Å². The van der Waals surface area contributed by atoms with Gasteiger partial charge in [0.15, 0.2) is 0 Å². The van der Waals surface area contributed by atoms with Crippen molar-refractivity contribution in [2.75, 3.05) is 10.6 Å². The van der Waals surface area contributed by atoms with E-state index in [2.05, 4.69) is 15.6 Å². The third-order valence-electron chi connectivity index (χ3n) is 3.27. The van der Waals surface area contributed by atoms with Crippen molar-refractivity contribution in [3.05, 3.63) is 59.2 Å². The monoisotopic (exact) mass is 353 g/mol. The van der Waals surface area contributed by atoms with Gasteiger partial charge < -0.3 is 15.6 Å². The molecule has 3 rings (SSSR count). The lowest BCUT2D eigenvalue weighted by Crippen LogP contribution is -2.19. The van der Waals surface area contributed by atoms with Crippen molar-refractivity contribution in [2.45, 2.75) is 6.18 Å². The van der Waals surface area contributed by atoms with Crippen LogP contribution in [-0.2, 0) is 6.18 Å². The van der Waals surface area contributed by atoms with Crippen LogP contribution in [0.1, 0.15) is 5.69 Å². The van der Waals surface area contributed by atoms with Crippen LogP contribution in [0.4, 0.5) is 29.3 Å². The van der Waals surface area contributed by atoms with Crippen LogP contribution in [0.25, 0.3) is 10.9 Å². The highest BCUT2D eigenvalue weighted by Crippen LogP contribution is 2.31. The molecule has 3 aromatic rings. The first-order chi connectivity index (χ1) is 11.3. The Morgan fingerprint density at radius 1 is 1.00 bits per heavy atom. The molecular weight excluding hydrogens is 343 g/mol. The third-order valence-corrected chi connectivity index (χ3v) is 3.50. The number of halogens is 4. The summed E-state index contributed by atoms with van der Waals surface area (Å²) in [6, 6.07) is 11.5. The molecule has 0 aliphatic heterocycles. The number of urea groups is 1. The lowest BCUT2D eigenvalue weighted by Gasteiger charge is -2.08. The Balaban J connectivity index is 1.76. The Labute approximate surface area is 139 Å². The average molecular weight is 354 g/mol. The molecule has 0 spiro atoms. The number of amides is 2. The van der Waals surface area contributed by atoms with E-state index < -0.39 is 17.9 Å². The van der Waals surface area contributed by atoms with Crippen molar-refractivity contribution in [1.29, 1.82) is 0 Å². The molecule has 0 saturated heterocycles. The summed E-state index contributed by atoms with van der Waals surface area (Å²) >= 11 is 5.83. The second-order valence-corrected chi connectivity index (χ2v) is 5.51. The zero-order valence-electron chi connectivity index (χ0n) is 12.0. The first-order valence-electron chi connectivity index (χ1n) is 6.85. The Kier molecular flexibility index (Phi) is 4.11. The molecule has 2 aromatic carbocycles. The summed E-state index contributed by atoms with van der Waals surface area (Å²) in [5.74, 6) is 0. The molecule has 8 heteroatoms. The summed E-state index contributed by atoms with van der Waals surface area (Å²) in [5, 5.41) is 5.97. The van der Waals surface area contributed by atoms with E-state index in [0.717, 1.165) is 6.07 Å². The van der Waals surface area contributed by atoms with Crippen molar-refractivity contribution < 1.29 is 18.0 Å². The molecule has 0 saturated carbocycles. The van der Waals surface area contributed by atoms with Crippen LogP contribution in [0, 0.1) is 0 Å². The van der Waals surface area contributed by atoms with Gasteiger partial charge in [-0.25, -0.2) is 4.79 Å². The molecule has 124 valence electrons. The number of rotatable bonds is 2. The Hall–Kier alpha value is -2.67. The molecule has 1 aromatic heterocycles. The summed E-state index contributed by atoms with van der Waals surface area (Å²) in [4.78, 5) is 14.2. The predicted octanol–water partition coefficient (Wildman–Crippen LogP) is 5.48. The minimum atomic E-state index is -4.45. The number of carbonyl (C=O) groups excluding carboxylic acids is 1.